The van der Waals surface area contributed by atoms with E-state index in [1.807, 2.05) is 0 Å². The van der Waals surface area contributed by atoms with Crippen molar-refractivity contribution in [1.29, 1.82) is 0 Å². The van der Waals surface area contributed by atoms with Crippen molar-refractivity contribution in [3.8, 4) is 5.75 Å². The number of nitrogens with two attached hydrogens (primary N) is 1. The molecule has 1 aromatic rings. The van der Waals surface area contributed by atoms with Gasteiger partial charge in [-0.25, -0.2) is 9.18 Å². The molecule has 1 aromatic carbocycles. The van der Waals surface area contributed by atoms with Crippen molar-refractivity contribution >= 4 is 5.97 Å². The molecular weight excluding hydrogens is 189 g/mol. The molecule has 0 radical (unpaired) electrons. The van der Waals surface area contributed by atoms with Crippen LogP contribution in [0.25, 0.3) is 0 Å². The molecule has 0 saturated carbocycles. The lowest BCUT2D eigenvalue weighted by Crippen LogP contribution is -2.10. The van der Waals surface area contributed by atoms with Gasteiger partial charge in [-0.1, -0.05) is 6.07 Å². The first-order chi connectivity index (χ1) is 6.63. The standard InChI is InChI=1S/C9H10FNO3/c10-7-3-6(4-11)1-2-8(7)14-5-9(12)13/h1-3H,4-5,11H2,(H,12,13). The van der Waals surface area contributed by atoms with Gasteiger partial charge in [-0.3, -0.25) is 0 Å². The van der Waals surface area contributed by atoms with Crippen LogP contribution in [-0.2, 0) is 11.3 Å². The van der Waals surface area contributed by atoms with E-state index in [0.29, 0.717) is 5.56 Å². The SMILES string of the molecule is NCc1ccc(OCC(=O)O)c(F)c1. The number of halogens is 1. The Morgan fingerprint density at radius 1 is 1.57 bits per heavy atom. The molecule has 0 aliphatic heterocycles. The minimum atomic E-state index is -1.15. The molecule has 1 rings (SSSR count). The Bertz CT molecular complexity index is 341. The number of carbonyl (C=O) groups is 1. The van der Waals surface area contributed by atoms with E-state index in [2.05, 4.69) is 4.74 Å². The number of ether oxygens (including phenoxy) is 1. The predicted molar refractivity (Wildman–Crippen MR) is 47.4 cm³/mol. The lowest BCUT2D eigenvalue weighted by molar-refractivity contribution is -0.139. The van der Waals surface area contributed by atoms with Crippen LogP contribution in [0, 0.1) is 5.82 Å². The normalized spacial score (nSPS) is 9.86. The summed E-state index contributed by atoms with van der Waals surface area (Å²) < 4.78 is 17.8. The van der Waals surface area contributed by atoms with Crippen LogP contribution in [0.4, 0.5) is 4.39 Å². The number of carboxylic acids is 1. The minimum Gasteiger partial charge on any atom is -0.479 e. The van der Waals surface area contributed by atoms with E-state index in [4.69, 9.17) is 10.8 Å². The molecule has 0 unspecified atom stereocenters. The molecule has 76 valence electrons. The fourth-order valence-corrected chi connectivity index (χ4v) is 0.928. The summed E-state index contributed by atoms with van der Waals surface area (Å²) >= 11 is 0. The zero-order valence-corrected chi connectivity index (χ0v) is 7.37. The fourth-order valence-electron chi connectivity index (χ4n) is 0.928. The van der Waals surface area contributed by atoms with Gasteiger partial charge < -0.3 is 15.6 Å². The van der Waals surface area contributed by atoms with E-state index in [1.54, 1.807) is 6.07 Å². The van der Waals surface area contributed by atoms with Gasteiger partial charge in [-0.05, 0) is 17.7 Å². The van der Waals surface area contributed by atoms with Crippen molar-refractivity contribution in [3.63, 3.8) is 0 Å². The molecule has 0 heterocycles. The average Bonchev–Trinajstić information content (AvgIpc) is 2.15. The molecule has 0 aromatic heterocycles. The Balaban J connectivity index is 2.73. The average molecular weight is 199 g/mol. The van der Waals surface area contributed by atoms with Gasteiger partial charge in [0.05, 0.1) is 0 Å². The molecule has 14 heavy (non-hydrogen) atoms. The number of aliphatic carboxylic acids is 1. The van der Waals surface area contributed by atoms with Crippen molar-refractivity contribution in [2.45, 2.75) is 6.54 Å². The molecule has 3 N–H and O–H groups in total. The van der Waals surface area contributed by atoms with Crippen LogP contribution in [-0.4, -0.2) is 17.7 Å². The second kappa shape index (κ2) is 4.57. The molecule has 0 saturated heterocycles. The molecule has 0 atom stereocenters. The lowest BCUT2D eigenvalue weighted by Gasteiger charge is -2.05. The van der Waals surface area contributed by atoms with Gasteiger partial charge in [0.15, 0.2) is 18.2 Å². The number of hydrogen-bond acceptors (Lipinski definition) is 3. The number of hydrogen-bond donors (Lipinski definition) is 2. The van der Waals surface area contributed by atoms with Crippen LogP contribution in [0.3, 0.4) is 0 Å². The zero-order chi connectivity index (χ0) is 10.6. The Labute approximate surface area is 80.1 Å². The number of rotatable bonds is 4. The van der Waals surface area contributed by atoms with Crippen molar-refractivity contribution in [2.75, 3.05) is 6.61 Å². The van der Waals surface area contributed by atoms with Crippen LogP contribution in [0.15, 0.2) is 18.2 Å². The second-order valence-electron chi connectivity index (χ2n) is 2.65. The lowest BCUT2D eigenvalue weighted by atomic mass is 10.2. The third-order valence-corrected chi connectivity index (χ3v) is 1.58. The summed E-state index contributed by atoms with van der Waals surface area (Å²) in [6.45, 7) is -0.324. The van der Waals surface area contributed by atoms with Crippen LogP contribution in [0.2, 0.25) is 0 Å². The van der Waals surface area contributed by atoms with Gasteiger partial charge in [0.1, 0.15) is 0 Å². The minimum absolute atomic E-state index is 0.0791. The first kappa shape index (κ1) is 10.5. The van der Waals surface area contributed by atoms with Gasteiger partial charge >= 0.3 is 5.97 Å². The summed E-state index contributed by atoms with van der Waals surface area (Å²) in [4.78, 5) is 10.1. The zero-order valence-electron chi connectivity index (χ0n) is 7.37. The van der Waals surface area contributed by atoms with Gasteiger partial charge in [-0.15, -0.1) is 0 Å². The third-order valence-electron chi connectivity index (χ3n) is 1.58. The van der Waals surface area contributed by atoms with Crippen LogP contribution in [0.5, 0.6) is 5.75 Å². The Morgan fingerprint density at radius 2 is 2.29 bits per heavy atom. The van der Waals surface area contributed by atoms with Gasteiger partial charge in [0.25, 0.3) is 0 Å². The summed E-state index contributed by atoms with van der Waals surface area (Å²) in [7, 11) is 0. The highest BCUT2D eigenvalue weighted by Crippen LogP contribution is 2.17. The molecule has 0 fully saturated rings. The van der Waals surface area contributed by atoms with E-state index in [1.165, 1.54) is 12.1 Å². The fraction of sp³-hybridized carbons (Fsp3) is 0.222. The first-order valence-electron chi connectivity index (χ1n) is 3.96. The van der Waals surface area contributed by atoms with Gasteiger partial charge in [-0.2, -0.15) is 0 Å². The van der Waals surface area contributed by atoms with E-state index >= 15 is 0 Å². The Hall–Kier alpha value is -1.62. The molecule has 0 aliphatic carbocycles. The summed E-state index contributed by atoms with van der Waals surface area (Å²) in [5, 5.41) is 8.30. The second-order valence-corrected chi connectivity index (χ2v) is 2.65. The Morgan fingerprint density at radius 3 is 2.79 bits per heavy atom. The number of carboxylic acid groups (broad SMARTS) is 1. The molecule has 0 bridgehead atoms. The molecule has 4 nitrogen and oxygen atoms in total. The van der Waals surface area contributed by atoms with Gasteiger partial charge in [0, 0.05) is 6.54 Å². The van der Waals surface area contributed by atoms with Crippen LogP contribution < -0.4 is 10.5 Å². The van der Waals surface area contributed by atoms with E-state index in [9.17, 15) is 9.18 Å². The maximum Gasteiger partial charge on any atom is 0.341 e. The van der Waals surface area contributed by atoms with Crippen molar-refractivity contribution in [3.05, 3.63) is 29.6 Å². The summed E-state index contributed by atoms with van der Waals surface area (Å²) in [5.41, 5.74) is 5.92. The summed E-state index contributed by atoms with van der Waals surface area (Å²) in [5.74, 6) is -1.83. The molecule has 5 heteroatoms. The van der Waals surface area contributed by atoms with E-state index in [-0.39, 0.29) is 12.3 Å². The molecule has 0 amide bonds. The molecular formula is C9H10FNO3. The Kier molecular flexibility index (Phi) is 3.41. The smallest absolute Gasteiger partial charge is 0.341 e. The van der Waals surface area contributed by atoms with Crippen LogP contribution >= 0.6 is 0 Å². The van der Waals surface area contributed by atoms with E-state index in [0.717, 1.165) is 0 Å². The third kappa shape index (κ3) is 2.70. The highest BCUT2D eigenvalue weighted by Gasteiger charge is 2.05. The van der Waals surface area contributed by atoms with Crippen molar-refractivity contribution in [2.24, 2.45) is 5.73 Å². The highest BCUT2D eigenvalue weighted by atomic mass is 19.1. The van der Waals surface area contributed by atoms with Crippen molar-refractivity contribution in [1.82, 2.24) is 0 Å². The molecule has 0 aliphatic rings. The van der Waals surface area contributed by atoms with Gasteiger partial charge in [0.2, 0.25) is 0 Å². The quantitative estimate of drug-likeness (QED) is 0.750. The maximum absolute atomic E-state index is 13.1. The predicted octanol–water partition coefficient (Wildman–Crippen LogP) is 0.748. The topological polar surface area (TPSA) is 72.5 Å². The number of benzene rings is 1. The summed E-state index contributed by atoms with van der Waals surface area (Å²) in [6.07, 6.45) is 0. The first-order valence-corrected chi connectivity index (χ1v) is 3.96. The maximum atomic E-state index is 13.1. The highest BCUT2D eigenvalue weighted by molar-refractivity contribution is 5.68. The monoisotopic (exact) mass is 199 g/mol. The van der Waals surface area contributed by atoms with E-state index < -0.39 is 18.4 Å². The molecule has 0 spiro atoms. The summed E-state index contributed by atoms with van der Waals surface area (Å²) in [6, 6.07) is 4.16. The largest absolute Gasteiger partial charge is 0.479 e. The van der Waals surface area contributed by atoms with Crippen molar-refractivity contribution < 1.29 is 19.0 Å². The van der Waals surface area contributed by atoms with Crippen LogP contribution in [0.1, 0.15) is 5.56 Å².